The number of carbonyl (C=O) groups excluding carboxylic acids is 1. The number of hydrogen-bond donors (Lipinski definition) is 0. The zero-order valence-electron chi connectivity index (χ0n) is 6.68. The maximum Gasteiger partial charge on any atom is 0.136 e. The van der Waals surface area contributed by atoms with Crippen molar-refractivity contribution in [1.82, 2.24) is 0 Å². The van der Waals surface area contributed by atoms with Crippen LogP contribution in [0.1, 0.15) is 38.5 Å². The Balaban J connectivity index is 2.31. The molecule has 0 aromatic heterocycles. The van der Waals surface area contributed by atoms with Gasteiger partial charge in [0.15, 0.2) is 0 Å². The van der Waals surface area contributed by atoms with Gasteiger partial charge in [-0.25, -0.2) is 0 Å². The fraction of sp³-hybridized carbons (Fsp3) is 0.778. The van der Waals surface area contributed by atoms with Crippen LogP contribution in [0.2, 0.25) is 0 Å². The van der Waals surface area contributed by atoms with E-state index in [0.29, 0.717) is 12.2 Å². The standard InChI is InChI=1S/C9H13NO/c10-7-3-5-8-4-1-2-6-9(8)11/h8H,1-6H2/t8-/m1/s1. The first-order valence-electron chi connectivity index (χ1n) is 4.24. The molecule has 1 saturated carbocycles. The Hall–Kier alpha value is -0.840. The lowest BCUT2D eigenvalue weighted by molar-refractivity contribution is -0.124. The zero-order valence-corrected chi connectivity index (χ0v) is 6.68. The van der Waals surface area contributed by atoms with Gasteiger partial charge in [0, 0.05) is 18.8 Å². The lowest BCUT2D eigenvalue weighted by atomic mass is 9.85. The summed E-state index contributed by atoms with van der Waals surface area (Å²) in [7, 11) is 0. The van der Waals surface area contributed by atoms with E-state index in [1.165, 1.54) is 6.42 Å². The highest BCUT2D eigenvalue weighted by atomic mass is 16.1. The smallest absolute Gasteiger partial charge is 0.136 e. The van der Waals surface area contributed by atoms with Crippen LogP contribution in [-0.4, -0.2) is 5.78 Å². The molecule has 0 spiro atoms. The Kier molecular flexibility index (Phi) is 3.10. The second kappa shape index (κ2) is 4.12. The van der Waals surface area contributed by atoms with Gasteiger partial charge in [0.1, 0.15) is 5.78 Å². The molecule has 0 bridgehead atoms. The van der Waals surface area contributed by atoms with E-state index in [1.54, 1.807) is 0 Å². The first-order chi connectivity index (χ1) is 5.34. The van der Waals surface area contributed by atoms with Crippen molar-refractivity contribution in [1.29, 1.82) is 5.26 Å². The summed E-state index contributed by atoms with van der Waals surface area (Å²) in [6, 6.07) is 2.08. The predicted molar refractivity (Wildman–Crippen MR) is 41.8 cm³/mol. The van der Waals surface area contributed by atoms with E-state index in [1.807, 2.05) is 0 Å². The van der Waals surface area contributed by atoms with E-state index in [0.717, 1.165) is 25.7 Å². The third-order valence-corrected chi connectivity index (χ3v) is 2.29. The molecule has 1 atom stereocenters. The normalized spacial score (nSPS) is 24.6. The van der Waals surface area contributed by atoms with E-state index in [2.05, 4.69) is 6.07 Å². The molecule has 2 heteroatoms. The van der Waals surface area contributed by atoms with Crippen molar-refractivity contribution in [3.63, 3.8) is 0 Å². The quantitative estimate of drug-likeness (QED) is 0.606. The van der Waals surface area contributed by atoms with Gasteiger partial charge in [-0.05, 0) is 19.3 Å². The summed E-state index contributed by atoms with van der Waals surface area (Å²) in [5.74, 6) is 0.592. The number of ketones is 1. The maximum atomic E-state index is 11.2. The molecular weight excluding hydrogens is 138 g/mol. The molecule has 11 heavy (non-hydrogen) atoms. The number of hydrogen-bond acceptors (Lipinski definition) is 2. The molecule has 0 N–H and O–H groups in total. The van der Waals surface area contributed by atoms with Crippen LogP contribution in [0, 0.1) is 17.2 Å². The van der Waals surface area contributed by atoms with Crippen molar-refractivity contribution < 1.29 is 4.79 Å². The summed E-state index contributed by atoms with van der Waals surface area (Å²) in [4.78, 5) is 11.2. The van der Waals surface area contributed by atoms with Gasteiger partial charge < -0.3 is 0 Å². The fourth-order valence-corrected chi connectivity index (χ4v) is 1.60. The molecule has 0 aliphatic heterocycles. The Morgan fingerprint density at radius 3 is 3.00 bits per heavy atom. The summed E-state index contributed by atoms with van der Waals surface area (Å²) in [6.45, 7) is 0. The number of carbonyl (C=O) groups is 1. The summed E-state index contributed by atoms with van der Waals surface area (Å²) >= 11 is 0. The number of nitriles is 1. The third-order valence-electron chi connectivity index (χ3n) is 2.29. The van der Waals surface area contributed by atoms with Crippen LogP contribution in [0.4, 0.5) is 0 Å². The van der Waals surface area contributed by atoms with Crippen LogP contribution in [0.3, 0.4) is 0 Å². The van der Waals surface area contributed by atoms with E-state index in [4.69, 9.17) is 5.26 Å². The van der Waals surface area contributed by atoms with Crippen molar-refractivity contribution in [2.45, 2.75) is 38.5 Å². The molecule has 0 saturated heterocycles. The molecule has 1 aliphatic carbocycles. The van der Waals surface area contributed by atoms with Gasteiger partial charge >= 0.3 is 0 Å². The summed E-state index contributed by atoms with van der Waals surface area (Å²) < 4.78 is 0. The van der Waals surface area contributed by atoms with Crippen molar-refractivity contribution >= 4 is 5.78 Å². The van der Waals surface area contributed by atoms with Crippen molar-refractivity contribution in [2.24, 2.45) is 5.92 Å². The molecule has 0 unspecified atom stereocenters. The zero-order chi connectivity index (χ0) is 8.10. The van der Waals surface area contributed by atoms with Gasteiger partial charge in [-0.1, -0.05) is 6.42 Å². The van der Waals surface area contributed by atoms with Crippen molar-refractivity contribution in [3.05, 3.63) is 0 Å². The highest BCUT2D eigenvalue weighted by Gasteiger charge is 2.20. The highest BCUT2D eigenvalue weighted by Crippen LogP contribution is 2.23. The van der Waals surface area contributed by atoms with Crippen LogP contribution in [0.15, 0.2) is 0 Å². The second-order valence-electron chi connectivity index (χ2n) is 3.11. The predicted octanol–water partition coefficient (Wildman–Crippen LogP) is 2.05. The Morgan fingerprint density at radius 1 is 1.55 bits per heavy atom. The first kappa shape index (κ1) is 8.26. The Morgan fingerprint density at radius 2 is 2.36 bits per heavy atom. The maximum absolute atomic E-state index is 11.2. The summed E-state index contributed by atoms with van der Waals surface area (Å²) in [6.07, 6.45) is 5.31. The molecule has 0 aromatic carbocycles. The molecule has 1 aliphatic rings. The first-order valence-corrected chi connectivity index (χ1v) is 4.24. The van der Waals surface area contributed by atoms with Crippen LogP contribution in [0.25, 0.3) is 0 Å². The molecule has 0 heterocycles. The minimum atomic E-state index is 0.211. The van der Waals surface area contributed by atoms with Gasteiger partial charge in [-0.2, -0.15) is 5.26 Å². The largest absolute Gasteiger partial charge is 0.299 e. The molecule has 2 nitrogen and oxygen atoms in total. The van der Waals surface area contributed by atoms with Gasteiger partial charge in [0.05, 0.1) is 6.07 Å². The van der Waals surface area contributed by atoms with Crippen molar-refractivity contribution in [2.75, 3.05) is 0 Å². The van der Waals surface area contributed by atoms with Crippen LogP contribution in [-0.2, 0) is 4.79 Å². The Labute approximate surface area is 67.2 Å². The van der Waals surface area contributed by atoms with E-state index in [9.17, 15) is 4.79 Å². The monoisotopic (exact) mass is 151 g/mol. The molecular formula is C9H13NO. The number of Topliss-reactive ketones (excluding diaryl/α,β-unsaturated/α-hetero) is 1. The molecule has 1 rings (SSSR count). The van der Waals surface area contributed by atoms with Gasteiger partial charge in [0.25, 0.3) is 0 Å². The molecule has 0 radical (unpaired) electrons. The minimum Gasteiger partial charge on any atom is -0.299 e. The van der Waals surface area contributed by atoms with E-state index in [-0.39, 0.29) is 5.92 Å². The van der Waals surface area contributed by atoms with E-state index >= 15 is 0 Å². The average Bonchev–Trinajstić information content (AvgIpc) is 2.03. The summed E-state index contributed by atoms with van der Waals surface area (Å²) in [5, 5.41) is 8.32. The highest BCUT2D eigenvalue weighted by molar-refractivity contribution is 5.81. The minimum absolute atomic E-state index is 0.211. The lowest BCUT2D eigenvalue weighted by Gasteiger charge is -2.18. The molecule has 1 fully saturated rings. The molecule has 0 amide bonds. The van der Waals surface area contributed by atoms with E-state index < -0.39 is 0 Å². The molecule has 60 valence electrons. The Bertz CT molecular complexity index is 180. The average molecular weight is 151 g/mol. The van der Waals surface area contributed by atoms with Gasteiger partial charge in [-0.15, -0.1) is 0 Å². The lowest BCUT2D eigenvalue weighted by Crippen LogP contribution is -2.18. The SMILES string of the molecule is N#CCC[C@H]1CCCCC1=O. The topological polar surface area (TPSA) is 40.9 Å². The van der Waals surface area contributed by atoms with Crippen LogP contribution in [0.5, 0.6) is 0 Å². The van der Waals surface area contributed by atoms with Gasteiger partial charge in [0.2, 0.25) is 0 Å². The summed E-state index contributed by atoms with van der Waals surface area (Å²) in [5.41, 5.74) is 0. The fourth-order valence-electron chi connectivity index (χ4n) is 1.60. The number of nitrogens with zero attached hydrogens (tertiary/aromatic N) is 1. The van der Waals surface area contributed by atoms with Gasteiger partial charge in [-0.3, -0.25) is 4.79 Å². The van der Waals surface area contributed by atoms with Crippen molar-refractivity contribution in [3.8, 4) is 6.07 Å². The van der Waals surface area contributed by atoms with Crippen LogP contribution < -0.4 is 0 Å². The number of rotatable bonds is 2. The second-order valence-corrected chi connectivity index (χ2v) is 3.11. The molecule has 0 aromatic rings. The third kappa shape index (κ3) is 2.34. The van der Waals surface area contributed by atoms with Crippen LogP contribution >= 0.6 is 0 Å².